The zero-order chi connectivity index (χ0) is 22.0. The van der Waals surface area contributed by atoms with Crippen molar-refractivity contribution in [2.45, 2.75) is 26.4 Å². The predicted octanol–water partition coefficient (Wildman–Crippen LogP) is 4.48. The molecular weight excluding hydrogens is 399 g/mol. The minimum Gasteiger partial charge on any atom is -0.490 e. The predicted molar refractivity (Wildman–Crippen MR) is 111 cm³/mol. The van der Waals surface area contributed by atoms with Gasteiger partial charge in [-0.1, -0.05) is 24.3 Å². The Hall–Kier alpha value is -3.86. The molecule has 2 unspecified atom stereocenters. The van der Waals surface area contributed by atoms with Crippen molar-refractivity contribution in [3.05, 3.63) is 70.7 Å². The number of H-pyrrole nitrogens is 1. The minimum atomic E-state index is -0.802. The summed E-state index contributed by atoms with van der Waals surface area (Å²) < 4.78 is 31.0. The molecule has 0 radical (unpaired) electrons. The first-order chi connectivity index (χ1) is 15.0. The summed E-state index contributed by atoms with van der Waals surface area (Å²) in [5, 5.41) is 24.8. The van der Waals surface area contributed by atoms with Crippen molar-refractivity contribution in [1.29, 1.82) is 10.7 Å². The Morgan fingerprint density at radius 2 is 2.03 bits per heavy atom. The second kappa shape index (κ2) is 8.48. The van der Waals surface area contributed by atoms with Crippen molar-refractivity contribution in [3.8, 4) is 23.4 Å². The highest BCUT2D eigenvalue weighted by atomic mass is 19.1. The number of aromatic nitrogens is 2. The van der Waals surface area contributed by atoms with E-state index >= 15 is 0 Å². The first kappa shape index (κ1) is 20.4. The summed E-state index contributed by atoms with van der Waals surface area (Å²) in [6.45, 7) is 4.16. The van der Waals surface area contributed by atoms with E-state index in [2.05, 4.69) is 16.3 Å². The van der Waals surface area contributed by atoms with Gasteiger partial charge in [0, 0.05) is 22.7 Å². The van der Waals surface area contributed by atoms with Gasteiger partial charge in [-0.15, -0.1) is 5.10 Å². The normalized spacial score (nSPS) is 17.4. The molecule has 1 aromatic heterocycles. The standard InChI is InChI=1S/C23H21FN4O3/c1-3-29-19-10-14(8-9-18(19)30-12-15-6-4-5-7-17(15)24)21-16(11-25)22(26)31-23-20(21)13(2)27-28-23/h4-10,16,21,26H,3,12H2,1-2H3,(H,27,28). The highest BCUT2D eigenvalue weighted by molar-refractivity contribution is 5.84. The van der Waals surface area contributed by atoms with Gasteiger partial charge in [-0.25, -0.2) is 4.39 Å². The van der Waals surface area contributed by atoms with E-state index in [0.29, 0.717) is 29.5 Å². The Balaban J connectivity index is 1.70. The van der Waals surface area contributed by atoms with E-state index in [1.807, 2.05) is 19.9 Å². The zero-order valence-electron chi connectivity index (χ0n) is 17.1. The molecule has 1 aliphatic rings. The molecule has 158 valence electrons. The van der Waals surface area contributed by atoms with Gasteiger partial charge in [0.25, 0.3) is 0 Å². The first-order valence-electron chi connectivity index (χ1n) is 9.87. The third kappa shape index (κ3) is 3.82. The molecule has 4 rings (SSSR count). The molecule has 8 heteroatoms. The molecule has 0 aliphatic carbocycles. The first-order valence-corrected chi connectivity index (χ1v) is 9.87. The largest absolute Gasteiger partial charge is 0.490 e. The van der Waals surface area contributed by atoms with Crippen molar-refractivity contribution in [2.75, 3.05) is 6.61 Å². The molecule has 2 aromatic carbocycles. The summed E-state index contributed by atoms with van der Waals surface area (Å²) in [6, 6.07) is 14.0. The van der Waals surface area contributed by atoms with Crippen molar-refractivity contribution in [1.82, 2.24) is 10.2 Å². The number of aromatic amines is 1. The van der Waals surface area contributed by atoms with Crippen LogP contribution in [0, 0.1) is 35.4 Å². The van der Waals surface area contributed by atoms with E-state index in [9.17, 15) is 9.65 Å². The molecule has 0 amide bonds. The van der Waals surface area contributed by atoms with E-state index < -0.39 is 11.8 Å². The number of hydrogen-bond acceptors (Lipinski definition) is 6. The smallest absolute Gasteiger partial charge is 0.243 e. The van der Waals surface area contributed by atoms with Crippen LogP contribution in [0.3, 0.4) is 0 Å². The van der Waals surface area contributed by atoms with Crippen LogP contribution in [0.1, 0.15) is 35.2 Å². The topological polar surface area (TPSA) is 104 Å². The van der Waals surface area contributed by atoms with Gasteiger partial charge in [-0.2, -0.15) is 5.26 Å². The highest BCUT2D eigenvalue weighted by Crippen LogP contribution is 2.44. The molecule has 0 saturated heterocycles. The number of nitriles is 1. The second-order valence-electron chi connectivity index (χ2n) is 7.14. The van der Waals surface area contributed by atoms with Crippen molar-refractivity contribution < 1.29 is 18.6 Å². The fraction of sp³-hybridized carbons (Fsp3) is 0.261. The van der Waals surface area contributed by atoms with Gasteiger partial charge in [-0.3, -0.25) is 10.5 Å². The minimum absolute atomic E-state index is 0.0554. The number of benzene rings is 2. The number of ether oxygens (including phenoxy) is 3. The van der Waals surface area contributed by atoms with Gasteiger partial charge in [-0.05, 0) is 37.6 Å². The average molecular weight is 420 g/mol. The van der Waals surface area contributed by atoms with Crippen molar-refractivity contribution in [3.63, 3.8) is 0 Å². The quantitative estimate of drug-likeness (QED) is 0.612. The Labute approximate surface area is 178 Å². The van der Waals surface area contributed by atoms with Crippen LogP contribution >= 0.6 is 0 Å². The monoisotopic (exact) mass is 420 g/mol. The van der Waals surface area contributed by atoms with Gasteiger partial charge >= 0.3 is 0 Å². The van der Waals surface area contributed by atoms with Crippen LogP contribution in [0.4, 0.5) is 4.39 Å². The summed E-state index contributed by atoms with van der Waals surface area (Å²) in [5.74, 6) is -0.482. The average Bonchev–Trinajstić information content (AvgIpc) is 3.13. The summed E-state index contributed by atoms with van der Waals surface area (Å²) in [6.07, 6.45) is 0. The van der Waals surface area contributed by atoms with Crippen LogP contribution in [0.25, 0.3) is 0 Å². The van der Waals surface area contributed by atoms with E-state index in [0.717, 1.165) is 16.8 Å². The Morgan fingerprint density at radius 3 is 2.77 bits per heavy atom. The molecule has 0 bridgehead atoms. The van der Waals surface area contributed by atoms with Gasteiger partial charge < -0.3 is 14.2 Å². The number of rotatable bonds is 6. The number of fused-ring (bicyclic) bond motifs is 1. The van der Waals surface area contributed by atoms with Gasteiger partial charge in [0.1, 0.15) is 18.3 Å². The SMILES string of the molecule is CCOc1cc(C2c3c(n[nH]c3C)OC(=N)C2C#N)ccc1OCc1ccccc1F. The third-order valence-electron chi connectivity index (χ3n) is 5.20. The molecule has 3 aromatic rings. The maximum absolute atomic E-state index is 13.9. The lowest BCUT2D eigenvalue weighted by atomic mass is 9.79. The molecule has 0 fully saturated rings. The molecule has 0 saturated carbocycles. The van der Waals surface area contributed by atoms with Gasteiger partial charge in [0.15, 0.2) is 11.5 Å². The van der Waals surface area contributed by atoms with Crippen LogP contribution < -0.4 is 14.2 Å². The second-order valence-corrected chi connectivity index (χ2v) is 7.14. The summed E-state index contributed by atoms with van der Waals surface area (Å²) in [7, 11) is 0. The van der Waals surface area contributed by atoms with Crippen LogP contribution in [0.2, 0.25) is 0 Å². The molecule has 1 aliphatic heterocycles. The number of halogens is 1. The van der Waals surface area contributed by atoms with Crippen LogP contribution in [-0.2, 0) is 6.61 Å². The maximum Gasteiger partial charge on any atom is 0.243 e. The van der Waals surface area contributed by atoms with Crippen LogP contribution in [0.5, 0.6) is 17.4 Å². The zero-order valence-corrected chi connectivity index (χ0v) is 17.1. The number of nitrogens with one attached hydrogen (secondary N) is 2. The molecule has 0 spiro atoms. The van der Waals surface area contributed by atoms with Gasteiger partial charge in [0.2, 0.25) is 11.8 Å². The molecule has 7 nitrogen and oxygen atoms in total. The van der Waals surface area contributed by atoms with Crippen LogP contribution in [0.15, 0.2) is 42.5 Å². The molecule has 2 heterocycles. The lowest BCUT2D eigenvalue weighted by Crippen LogP contribution is -2.31. The van der Waals surface area contributed by atoms with Crippen molar-refractivity contribution >= 4 is 5.90 Å². The van der Waals surface area contributed by atoms with Crippen molar-refractivity contribution in [2.24, 2.45) is 5.92 Å². The number of hydrogen-bond donors (Lipinski definition) is 2. The Kier molecular flexibility index (Phi) is 5.58. The highest BCUT2D eigenvalue weighted by Gasteiger charge is 2.40. The number of nitrogens with zero attached hydrogens (tertiary/aromatic N) is 2. The maximum atomic E-state index is 13.9. The fourth-order valence-electron chi connectivity index (χ4n) is 3.71. The van der Waals surface area contributed by atoms with E-state index in [-0.39, 0.29) is 18.3 Å². The summed E-state index contributed by atoms with van der Waals surface area (Å²) in [5.41, 5.74) is 2.72. The molecule has 2 atom stereocenters. The Bertz CT molecular complexity index is 1170. The lowest BCUT2D eigenvalue weighted by Gasteiger charge is -2.28. The van der Waals surface area contributed by atoms with E-state index in [1.54, 1.807) is 30.3 Å². The molecule has 2 N–H and O–H groups in total. The van der Waals surface area contributed by atoms with E-state index in [1.165, 1.54) is 6.07 Å². The molecule has 31 heavy (non-hydrogen) atoms. The van der Waals surface area contributed by atoms with E-state index in [4.69, 9.17) is 19.6 Å². The number of aryl methyl sites for hydroxylation is 1. The molecular formula is C23H21FN4O3. The summed E-state index contributed by atoms with van der Waals surface area (Å²) in [4.78, 5) is 0. The fourth-order valence-corrected chi connectivity index (χ4v) is 3.71. The van der Waals surface area contributed by atoms with Gasteiger partial charge in [0.05, 0.1) is 12.7 Å². The summed E-state index contributed by atoms with van der Waals surface area (Å²) >= 11 is 0. The Morgan fingerprint density at radius 1 is 1.23 bits per heavy atom. The third-order valence-corrected chi connectivity index (χ3v) is 5.20. The lowest BCUT2D eigenvalue weighted by molar-refractivity contribution is 0.265. The van der Waals surface area contributed by atoms with Crippen LogP contribution in [-0.4, -0.2) is 22.7 Å².